The van der Waals surface area contributed by atoms with Crippen molar-refractivity contribution in [3.05, 3.63) is 84.6 Å². The Morgan fingerprint density at radius 3 is 2.33 bits per heavy atom. The van der Waals surface area contributed by atoms with Crippen LogP contribution in [0.15, 0.2) is 83.3 Å². The molecule has 5 heteroatoms. The Balaban J connectivity index is 1.46. The fourth-order valence-electron chi connectivity index (χ4n) is 2.72. The molecule has 3 aromatic carbocycles. The minimum Gasteiger partial charge on any atom is -0.493 e. The van der Waals surface area contributed by atoms with Gasteiger partial charge < -0.3 is 19.2 Å². The quantitative estimate of drug-likeness (QED) is 0.512. The number of nitrogens with one attached hydrogen (secondary N) is 1. The Morgan fingerprint density at radius 1 is 0.889 bits per heavy atom. The number of carbonyl (C=O) groups excluding carboxylic acids is 1. The molecule has 1 amide bonds. The number of carbonyl (C=O) groups is 1. The molecule has 0 atom stereocenters. The van der Waals surface area contributed by atoms with Crippen molar-refractivity contribution >= 4 is 22.6 Å². The Labute approximate surface area is 156 Å². The molecule has 0 spiro atoms. The van der Waals surface area contributed by atoms with Crippen molar-refractivity contribution in [3.8, 4) is 17.2 Å². The zero-order chi connectivity index (χ0) is 18.6. The molecule has 0 saturated heterocycles. The molecule has 0 aliphatic rings. The van der Waals surface area contributed by atoms with Crippen molar-refractivity contribution in [3.63, 3.8) is 0 Å². The van der Waals surface area contributed by atoms with Crippen LogP contribution in [0.25, 0.3) is 11.0 Å². The van der Waals surface area contributed by atoms with Crippen molar-refractivity contribution in [2.45, 2.75) is 0 Å². The first kappa shape index (κ1) is 16.7. The molecule has 1 N–H and O–H groups in total. The van der Waals surface area contributed by atoms with E-state index in [0.29, 0.717) is 28.5 Å². The third kappa shape index (κ3) is 3.62. The molecule has 0 aliphatic carbocycles. The lowest BCUT2D eigenvalue weighted by Gasteiger charge is -2.10. The van der Waals surface area contributed by atoms with Gasteiger partial charge in [-0.25, -0.2) is 0 Å². The van der Waals surface area contributed by atoms with Crippen molar-refractivity contribution in [1.29, 1.82) is 0 Å². The Morgan fingerprint density at radius 2 is 1.59 bits per heavy atom. The second-order valence-corrected chi connectivity index (χ2v) is 5.88. The van der Waals surface area contributed by atoms with Gasteiger partial charge in [-0.05, 0) is 48.5 Å². The fourth-order valence-corrected chi connectivity index (χ4v) is 2.72. The van der Waals surface area contributed by atoms with Gasteiger partial charge in [0, 0.05) is 11.1 Å². The molecule has 0 fully saturated rings. The van der Waals surface area contributed by atoms with Gasteiger partial charge >= 0.3 is 0 Å². The molecule has 134 valence electrons. The van der Waals surface area contributed by atoms with Crippen LogP contribution >= 0.6 is 0 Å². The summed E-state index contributed by atoms with van der Waals surface area (Å²) in [4.78, 5) is 12.4. The van der Waals surface area contributed by atoms with Crippen molar-refractivity contribution in [2.75, 3.05) is 12.4 Å². The summed E-state index contributed by atoms with van der Waals surface area (Å²) in [6.45, 7) is 0. The third-order valence-electron chi connectivity index (χ3n) is 4.06. The van der Waals surface area contributed by atoms with Crippen molar-refractivity contribution < 1.29 is 18.7 Å². The average Bonchev–Trinajstić information content (AvgIpc) is 3.14. The number of hydrogen-bond donors (Lipinski definition) is 1. The van der Waals surface area contributed by atoms with Crippen LogP contribution in [0.5, 0.6) is 17.2 Å². The molecule has 5 nitrogen and oxygen atoms in total. The number of rotatable bonds is 5. The summed E-state index contributed by atoms with van der Waals surface area (Å²) >= 11 is 0. The van der Waals surface area contributed by atoms with Gasteiger partial charge in [-0.2, -0.15) is 0 Å². The monoisotopic (exact) mass is 359 g/mol. The van der Waals surface area contributed by atoms with Crippen molar-refractivity contribution in [1.82, 2.24) is 0 Å². The Kier molecular flexibility index (Phi) is 4.49. The van der Waals surface area contributed by atoms with Crippen LogP contribution < -0.4 is 14.8 Å². The first-order chi connectivity index (χ1) is 13.2. The highest BCUT2D eigenvalue weighted by Crippen LogP contribution is 2.31. The molecule has 0 aliphatic heterocycles. The lowest BCUT2D eigenvalue weighted by Crippen LogP contribution is -2.10. The van der Waals surface area contributed by atoms with Gasteiger partial charge in [-0.3, -0.25) is 4.79 Å². The summed E-state index contributed by atoms with van der Waals surface area (Å²) in [5, 5.41) is 3.71. The first-order valence-electron chi connectivity index (χ1n) is 8.44. The number of para-hydroxylation sites is 3. The molecule has 0 bridgehead atoms. The number of fused-ring (bicyclic) bond motifs is 1. The second kappa shape index (κ2) is 7.25. The van der Waals surface area contributed by atoms with Crippen molar-refractivity contribution in [2.24, 2.45) is 0 Å². The number of ether oxygens (including phenoxy) is 2. The minimum absolute atomic E-state index is 0.269. The van der Waals surface area contributed by atoms with Crippen LogP contribution in [-0.2, 0) is 0 Å². The van der Waals surface area contributed by atoms with Crippen LogP contribution in [0.1, 0.15) is 10.6 Å². The molecule has 0 unspecified atom stereocenters. The number of anilines is 1. The number of benzene rings is 3. The molecular formula is C22H17NO4. The maximum absolute atomic E-state index is 12.4. The van der Waals surface area contributed by atoms with E-state index in [0.717, 1.165) is 5.39 Å². The topological polar surface area (TPSA) is 60.7 Å². The van der Waals surface area contributed by atoms with E-state index in [1.54, 1.807) is 37.4 Å². The largest absolute Gasteiger partial charge is 0.493 e. The summed E-state index contributed by atoms with van der Waals surface area (Å²) < 4.78 is 16.7. The maximum Gasteiger partial charge on any atom is 0.291 e. The Hall–Kier alpha value is -3.73. The first-order valence-corrected chi connectivity index (χ1v) is 8.44. The van der Waals surface area contributed by atoms with E-state index in [-0.39, 0.29) is 11.7 Å². The van der Waals surface area contributed by atoms with Crippen LogP contribution in [0.4, 0.5) is 5.69 Å². The number of hydrogen-bond acceptors (Lipinski definition) is 4. The highest BCUT2D eigenvalue weighted by Gasteiger charge is 2.12. The van der Waals surface area contributed by atoms with Gasteiger partial charge in [0.2, 0.25) is 0 Å². The van der Waals surface area contributed by atoms with Crippen LogP contribution in [0.3, 0.4) is 0 Å². The summed E-state index contributed by atoms with van der Waals surface area (Å²) in [7, 11) is 1.60. The molecule has 4 aromatic rings. The normalized spacial score (nSPS) is 10.6. The van der Waals surface area contributed by atoms with E-state index in [2.05, 4.69) is 5.32 Å². The van der Waals surface area contributed by atoms with E-state index >= 15 is 0 Å². The van der Waals surface area contributed by atoms with Gasteiger partial charge in [0.05, 0.1) is 7.11 Å². The Bertz CT molecular complexity index is 1050. The smallest absolute Gasteiger partial charge is 0.291 e. The number of furan rings is 1. The molecule has 4 rings (SSSR count). The average molecular weight is 359 g/mol. The SMILES string of the molecule is COc1ccccc1Oc1ccc(NC(=O)c2cc3ccccc3o2)cc1. The molecule has 0 radical (unpaired) electrons. The van der Waals surface area contributed by atoms with Gasteiger partial charge in [0.1, 0.15) is 11.3 Å². The third-order valence-corrected chi connectivity index (χ3v) is 4.06. The van der Waals surface area contributed by atoms with E-state index < -0.39 is 0 Å². The molecule has 1 heterocycles. The van der Waals surface area contributed by atoms with E-state index in [4.69, 9.17) is 13.9 Å². The summed E-state index contributed by atoms with van der Waals surface area (Å²) in [5.41, 5.74) is 1.33. The molecule has 1 aromatic heterocycles. The minimum atomic E-state index is -0.301. The van der Waals surface area contributed by atoms with Crippen LogP contribution in [0.2, 0.25) is 0 Å². The lowest BCUT2D eigenvalue weighted by molar-refractivity contribution is 0.0998. The highest BCUT2D eigenvalue weighted by molar-refractivity contribution is 6.04. The van der Waals surface area contributed by atoms with E-state index in [1.165, 1.54) is 0 Å². The standard InChI is InChI=1S/C22H17NO4/c1-25-19-8-4-5-9-20(19)26-17-12-10-16(11-13-17)23-22(24)21-14-15-6-2-3-7-18(15)27-21/h2-14H,1H3,(H,23,24). The molecule has 0 saturated carbocycles. The maximum atomic E-state index is 12.4. The number of amides is 1. The van der Waals surface area contributed by atoms with Gasteiger partial charge in [-0.1, -0.05) is 30.3 Å². The fraction of sp³-hybridized carbons (Fsp3) is 0.0455. The van der Waals surface area contributed by atoms with E-state index in [1.807, 2.05) is 48.5 Å². The molecular weight excluding hydrogens is 342 g/mol. The predicted octanol–water partition coefficient (Wildman–Crippen LogP) is 5.49. The van der Waals surface area contributed by atoms with E-state index in [9.17, 15) is 4.79 Å². The predicted molar refractivity (Wildman–Crippen MR) is 104 cm³/mol. The van der Waals surface area contributed by atoms with Crippen LogP contribution in [-0.4, -0.2) is 13.0 Å². The molecule has 27 heavy (non-hydrogen) atoms. The van der Waals surface area contributed by atoms with Gasteiger partial charge in [-0.15, -0.1) is 0 Å². The summed E-state index contributed by atoms with van der Waals surface area (Å²) in [6.07, 6.45) is 0. The van der Waals surface area contributed by atoms with Crippen LogP contribution in [0, 0.1) is 0 Å². The summed E-state index contributed by atoms with van der Waals surface area (Å²) in [5.74, 6) is 1.88. The van der Waals surface area contributed by atoms with Gasteiger partial charge in [0.15, 0.2) is 17.3 Å². The zero-order valence-electron chi connectivity index (χ0n) is 14.6. The second-order valence-electron chi connectivity index (χ2n) is 5.88. The highest BCUT2D eigenvalue weighted by atomic mass is 16.5. The zero-order valence-corrected chi connectivity index (χ0v) is 14.6. The summed E-state index contributed by atoms with van der Waals surface area (Å²) in [6, 6.07) is 23.7. The van der Waals surface area contributed by atoms with Gasteiger partial charge in [0.25, 0.3) is 5.91 Å². The number of methoxy groups -OCH3 is 1. The lowest BCUT2D eigenvalue weighted by atomic mass is 10.2.